The van der Waals surface area contributed by atoms with Gasteiger partial charge in [0, 0.05) is 11.6 Å². The van der Waals surface area contributed by atoms with E-state index in [1.165, 1.54) is 38.5 Å². The minimum Gasteiger partial charge on any atom is -0.330 e. The van der Waals surface area contributed by atoms with Crippen LogP contribution < -0.4 is 5.73 Å². The van der Waals surface area contributed by atoms with Gasteiger partial charge >= 0.3 is 0 Å². The highest BCUT2D eigenvalue weighted by Crippen LogP contribution is 2.31. The summed E-state index contributed by atoms with van der Waals surface area (Å²) >= 11 is 0. The zero-order valence-electron chi connectivity index (χ0n) is 11.6. The van der Waals surface area contributed by atoms with E-state index in [9.17, 15) is 0 Å². The molecule has 2 N–H and O–H groups in total. The van der Waals surface area contributed by atoms with Crippen LogP contribution in [0.25, 0.3) is 0 Å². The topological polar surface area (TPSA) is 29.3 Å². The monoisotopic (exact) mass is 226 g/mol. The fourth-order valence-electron chi connectivity index (χ4n) is 2.85. The molecule has 0 amide bonds. The molecular weight excluding hydrogens is 196 g/mol. The van der Waals surface area contributed by atoms with Gasteiger partial charge in [0.25, 0.3) is 0 Å². The molecule has 16 heavy (non-hydrogen) atoms. The predicted molar refractivity (Wildman–Crippen MR) is 71.6 cm³/mol. The van der Waals surface area contributed by atoms with Crippen molar-refractivity contribution >= 4 is 0 Å². The molecule has 2 nitrogen and oxygen atoms in total. The Hall–Kier alpha value is -0.0800. The van der Waals surface area contributed by atoms with Crippen molar-refractivity contribution in [2.24, 2.45) is 11.7 Å². The molecule has 0 aromatic heterocycles. The quantitative estimate of drug-likeness (QED) is 0.747. The van der Waals surface area contributed by atoms with E-state index in [-0.39, 0.29) is 0 Å². The molecule has 0 aromatic rings. The number of rotatable bonds is 4. The van der Waals surface area contributed by atoms with E-state index < -0.39 is 0 Å². The Kier molecular flexibility index (Phi) is 5.26. The minimum atomic E-state index is 0.308. The van der Waals surface area contributed by atoms with Crippen molar-refractivity contribution in [2.45, 2.75) is 70.9 Å². The lowest BCUT2D eigenvalue weighted by Gasteiger charge is -2.43. The first-order valence-corrected chi connectivity index (χ1v) is 6.96. The summed E-state index contributed by atoms with van der Waals surface area (Å²) in [6.45, 7) is 7.84. The van der Waals surface area contributed by atoms with Crippen LogP contribution in [0, 0.1) is 5.92 Å². The van der Waals surface area contributed by atoms with E-state index in [4.69, 9.17) is 5.73 Å². The van der Waals surface area contributed by atoms with Gasteiger partial charge in [0.1, 0.15) is 0 Å². The van der Waals surface area contributed by atoms with Crippen molar-refractivity contribution in [1.82, 2.24) is 4.90 Å². The van der Waals surface area contributed by atoms with Crippen LogP contribution in [0.5, 0.6) is 0 Å². The fraction of sp³-hybridized carbons (Fsp3) is 1.00. The zero-order chi connectivity index (χ0) is 12.2. The summed E-state index contributed by atoms with van der Waals surface area (Å²) in [6, 6.07) is 0.697. The van der Waals surface area contributed by atoms with Gasteiger partial charge in [-0.05, 0) is 52.6 Å². The third kappa shape index (κ3) is 3.21. The average molecular weight is 226 g/mol. The molecule has 0 radical (unpaired) electrons. The molecule has 0 aliphatic heterocycles. The van der Waals surface area contributed by atoms with Gasteiger partial charge in [0.05, 0.1) is 0 Å². The Bertz CT molecular complexity index is 201. The summed E-state index contributed by atoms with van der Waals surface area (Å²) in [4.78, 5) is 2.59. The second kappa shape index (κ2) is 6.02. The number of hydrogen-bond acceptors (Lipinski definition) is 2. The fourth-order valence-corrected chi connectivity index (χ4v) is 2.85. The summed E-state index contributed by atoms with van der Waals surface area (Å²) in [7, 11) is 2.29. The lowest BCUT2D eigenvalue weighted by Crippen LogP contribution is -2.51. The third-order valence-corrected chi connectivity index (χ3v) is 4.74. The van der Waals surface area contributed by atoms with Crippen molar-refractivity contribution in [2.75, 3.05) is 13.6 Å². The second-order valence-electron chi connectivity index (χ2n) is 5.98. The molecule has 2 atom stereocenters. The second-order valence-corrected chi connectivity index (χ2v) is 5.98. The van der Waals surface area contributed by atoms with E-state index >= 15 is 0 Å². The molecular formula is C14H30N2. The van der Waals surface area contributed by atoms with Crippen LogP contribution in [-0.4, -0.2) is 30.1 Å². The highest BCUT2D eigenvalue weighted by atomic mass is 15.2. The molecule has 0 bridgehead atoms. The largest absolute Gasteiger partial charge is 0.330 e. The van der Waals surface area contributed by atoms with Crippen LogP contribution in [0.3, 0.4) is 0 Å². The molecule has 0 saturated heterocycles. The van der Waals surface area contributed by atoms with Crippen molar-refractivity contribution in [3.8, 4) is 0 Å². The summed E-state index contributed by atoms with van der Waals surface area (Å²) in [5.74, 6) is 0.707. The zero-order valence-corrected chi connectivity index (χ0v) is 11.6. The van der Waals surface area contributed by atoms with Gasteiger partial charge in [0.2, 0.25) is 0 Å². The van der Waals surface area contributed by atoms with Crippen LogP contribution >= 0.6 is 0 Å². The molecule has 96 valence electrons. The first-order chi connectivity index (χ1) is 7.53. The Labute approximate surface area is 102 Å². The number of hydrogen-bond donors (Lipinski definition) is 1. The Morgan fingerprint density at radius 1 is 1.19 bits per heavy atom. The van der Waals surface area contributed by atoms with Gasteiger partial charge in [-0.2, -0.15) is 0 Å². The lowest BCUT2D eigenvalue weighted by atomic mass is 9.89. The molecule has 1 rings (SSSR count). The Morgan fingerprint density at radius 3 is 2.38 bits per heavy atom. The summed E-state index contributed by atoms with van der Waals surface area (Å²) < 4.78 is 0. The van der Waals surface area contributed by atoms with E-state index in [1.807, 2.05) is 0 Å². The maximum atomic E-state index is 5.96. The Balaban J connectivity index is 2.73. The van der Waals surface area contributed by atoms with Crippen LogP contribution in [0.4, 0.5) is 0 Å². The highest BCUT2D eigenvalue weighted by molar-refractivity contribution is 4.88. The van der Waals surface area contributed by atoms with Crippen LogP contribution in [0.15, 0.2) is 0 Å². The predicted octanol–water partition coefficient (Wildman–Crippen LogP) is 3.01. The summed E-state index contributed by atoms with van der Waals surface area (Å²) in [5, 5.41) is 0. The summed E-state index contributed by atoms with van der Waals surface area (Å²) in [6.07, 6.45) is 8.02. The van der Waals surface area contributed by atoms with Gasteiger partial charge in [-0.1, -0.05) is 26.2 Å². The normalized spacial score (nSPS) is 28.1. The lowest BCUT2D eigenvalue weighted by molar-refractivity contribution is 0.0603. The molecule has 0 spiro atoms. The first kappa shape index (κ1) is 14.0. The first-order valence-electron chi connectivity index (χ1n) is 6.96. The molecule has 2 unspecified atom stereocenters. The standard InChI is InChI=1S/C14H30N2/c1-5-14(2,3)16(4)13-10-8-6-7-9-12(13)11-15/h12-13H,5-11,15H2,1-4H3. The average Bonchev–Trinajstić information content (AvgIpc) is 2.52. The Morgan fingerprint density at radius 2 is 1.81 bits per heavy atom. The molecule has 2 heteroatoms. The van der Waals surface area contributed by atoms with Crippen molar-refractivity contribution in [1.29, 1.82) is 0 Å². The van der Waals surface area contributed by atoms with Crippen molar-refractivity contribution in [3.63, 3.8) is 0 Å². The van der Waals surface area contributed by atoms with Crippen LogP contribution in [-0.2, 0) is 0 Å². The molecule has 1 aliphatic carbocycles. The summed E-state index contributed by atoms with van der Waals surface area (Å²) in [5.41, 5.74) is 6.27. The maximum Gasteiger partial charge on any atom is 0.0150 e. The van der Waals surface area contributed by atoms with E-state index in [1.54, 1.807) is 0 Å². The van der Waals surface area contributed by atoms with Gasteiger partial charge in [-0.15, -0.1) is 0 Å². The van der Waals surface area contributed by atoms with Crippen molar-refractivity contribution < 1.29 is 0 Å². The van der Waals surface area contributed by atoms with Gasteiger partial charge in [-0.3, -0.25) is 4.90 Å². The third-order valence-electron chi connectivity index (χ3n) is 4.74. The van der Waals surface area contributed by atoms with Crippen molar-refractivity contribution in [3.05, 3.63) is 0 Å². The SMILES string of the molecule is CCC(C)(C)N(C)C1CCCCCC1CN. The van der Waals surface area contributed by atoms with Gasteiger partial charge in [-0.25, -0.2) is 0 Å². The molecule has 0 heterocycles. The van der Waals surface area contributed by atoms with Crippen LogP contribution in [0.1, 0.15) is 59.3 Å². The van der Waals surface area contributed by atoms with E-state index in [2.05, 4.69) is 32.7 Å². The number of nitrogens with zero attached hydrogens (tertiary/aromatic N) is 1. The highest BCUT2D eigenvalue weighted by Gasteiger charge is 2.32. The van der Waals surface area contributed by atoms with Gasteiger partial charge in [0.15, 0.2) is 0 Å². The molecule has 0 aromatic carbocycles. The van der Waals surface area contributed by atoms with E-state index in [0.717, 1.165) is 6.54 Å². The molecule has 1 fully saturated rings. The minimum absolute atomic E-state index is 0.308. The number of nitrogens with two attached hydrogens (primary N) is 1. The van der Waals surface area contributed by atoms with E-state index in [0.29, 0.717) is 17.5 Å². The molecule has 1 aliphatic rings. The van der Waals surface area contributed by atoms with Gasteiger partial charge < -0.3 is 5.73 Å². The van der Waals surface area contributed by atoms with Crippen LogP contribution in [0.2, 0.25) is 0 Å². The smallest absolute Gasteiger partial charge is 0.0150 e. The molecule has 1 saturated carbocycles. The maximum absolute atomic E-state index is 5.96.